The fourth-order valence-electron chi connectivity index (χ4n) is 3.06. The van der Waals surface area contributed by atoms with Gasteiger partial charge in [0, 0.05) is 0 Å². The zero-order valence-electron chi connectivity index (χ0n) is 20.3. The summed E-state index contributed by atoms with van der Waals surface area (Å²) in [7, 11) is 0. The average Bonchev–Trinajstić information content (AvgIpc) is 2.86. The van der Waals surface area contributed by atoms with Gasteiger partial charge in [0.2, 0.25) is 0 Å². The third kappa shape index (κ3) is 10.9. The minimum atomic E-state index is -1.05. The van der Waals surface area contributed by atoms with Gasteiger partial charge in [-0.15, -0.1) is 0 Å². The van der Waals surface area contributed by atoms with Crippen molar-refractivity contribution in [2.24, 2.45) is 0 Å². The first-order chi connectivity index (χ1) is 16.9. The molecule has 2 rings (SSSR count). The van der Waals surface area contributed by atoms with Gasteiger partial charge in [-0.25, -0.2) is 9.59 Å². The van der Waals surface area contributed by atoms with Gasteiger partial charge in [0.15, 0.2) is 12.6 Å². The first-order valence-electron chi connectivity index (χ1n) is 11.8. The summed E-state index contributed by atoms with van der Waals surface area (Å²) in [6.45, 7) is 5.32. The molecule has 0 aromatic heterocycles. The smallest absolute Gasteiger partial charge is 0.335 e. The third-order valence-corrected chi connectivity index (χ3v) is 5.03. The van der Waals surface area contributed by atoms with Crippen LogP contribution in [0.2, 0.25) is 0 Å². The highest BCUT2D eigenvalue weighted by molar-refractivity contribution is 5.92. The summed E-state index contributed by atoms with van der Waals surface area (Å²) >= 11 is 0. The molecule has 0 amide bonds. The van der Waals surface area contributed by atoms with Crippen molar-refractivity contribution in [3.05, 3.63) is 58.7 Å². The lowest BCUT2D eigenvalue weighted by Crippen LogP contribution is -2.03. The van der Waals surface area contributed by atoms with Crippen molar-refractivity contribution in [1.82, 2.24) is 0 Å². The number of unbranched alkanes of at least 4 members (excludes halogenated alkanes) is 5. The maximum Gasteiger partial charge on any atom is 0.335 e. The van der Waals surface area contributed by atoms with Gasteiger partial charge < -0.3 is 19.7 Å². The number of aromatic carboxylic acids is 2. The molecule has 2 aromatic carbocycles. The van der Waals surface area contributed by atoms with Gasteiger partial charge in [0.25, 0.3) is 0 Å². The number of benzene rings is 2. The van der Waals surface area contributed by atoms with Gasteiger partial charge in [-0.2, -0.15) is 0 Å². The molecule has 0 saturated carbocycles. The predicted molar refractivity (Wildman–Crippen MR) is 132 cm³/mol. The molecule has 0 radical (unpaired) electrons. The highest BCUT2D eigenvalue weighted by Gasteiger charge is 2.09. The Hall–Kier alpha value is -3.68. The lowest BCUT2D eigenvalue weighted by molar-refractivity contribution is 0.0686. The zero-order chi connectivity index (χ0) is 26.1. The number of hydrogen-bond donors (Lipinski definition) is 2. The number of carbonyl (C=O) groups is 4. The van der Waals surface area contributed by atoms with Crippen molar-refractivity contribution < 1.29 is 38.9 Å². The summed E-state index contributed by atoms with van der Waals surface area (Å²) in [5.41, 5.74) is 0.746. The lowest BCUT2D eigenvalue weighted by atomic mass is 10.1. The van der Waals surface area contributed by atoms with Gasteiger partial charge in [-0.3, -0.25) is 9.59 Å². The molecule has 2 aromatic rings. The molecule has 0 atom stereocenters. The topological polar surface area (TPSA) is 127 Å². The number of aldehydes is 2. The van der Waals surface area contributed by atoms with E-state index in [4.69, 9.17) is 19.7 Å². The molecular weight excluding hydrogens is 452 g/mol. The van der Waals surface area contributed by atoms with Crippen LogP contribution >= 0.6 is 0 Å². The van der Waals surface area contributed by atoms with E-state index in [1.54, 1.807) is 0 Å². The maximum absolute atomic E-state index is 10.9. The molecule has 0 aliphatic heterocycles. The van der Waals surface area contributed by atoms with E-state index in [9.17, 15) is 19.2 Å². The Morgan fingerprint density at radius 2 is 1.09 bits per heavy atom. The highest BCUT2D eigenvalue weighted by Crippen LogP contribution is 2.20. The van der Waals surface area contributed by atoms with Crippen molar-refractivity contribution >= 4 is 24.5 Å². The van der Waals surface area contributed by atoms with Crippen LogP contribution in [0.1, 0.15) is 100 Å². The molecule has 0 spiro atoms. The Balaban J connectivity index is 0.000000351. The van der Waals surface area contributed by atoms with Gasteiger partial charge in [0.1, 0.15) is 11.5 Å². The number of rotatable bonds is 15. The summed E-state index contributed by atoms with van der Waals surface area (Å²) in [5, 5.41) is 17.6. The van der Waals surface area contributed by atoms with Crippen molar-refractivity contribution in [2.45, 2.75) is 58.8 Å². The van der Waals surface area contributed by atoms with E-state index >= 15 is 0 Å². The van der Waals surface area contributed by atoms with Crippen LogP contribution in [0.3, 0.4) is 0 Å². The monoisotopic (exact) mass is 486 g/mol. The van der Waals surface area contributed by atoms with E-state index in [1.807, 2.05) is 0 Å². The van der Waals surface area contributed by atoms with E-state index in [2.05, 4.69) is 13.8 Å². The van der Waals surface area contributed by atoms with Crippen molar-refractivity contribution in [3.63, 3.8) is 0 Å². The number of carboxylic acids is 2. The Kier molecular flexibility index (Phi) is 14.1. The average molecular weight is 487 g/mol. The highest BCUT2D eigenvalue weighted by atomic mass is 16.5. The molecule has 35 heavy (non-hydrogen) atoms. The van der Waals surface area contributed by atoms with Crippen LogP contribution in [-0.4, -0.2) is 47.9 Å². The van der Waals surface area contributed by atoms with E-state index in [-0.39, 0.29) is 22.3 Å². The first-order valence-corrected chi connectivity index (χ1v) is 11.8. The Bertz CT molecular complexity index is 968. The van der Waals surface area contributed by atoms with Crippen molar-refractivity contribution in [2.75, 3.05) is 13.2 Å². The quantitative estimate of drug-likeness (QED) is 0.234. The third-order valence-electron chi connectivity index (χ3n) is 5.03. The van der Waals surface area contributed by atoms with E-state index < -0.39 is 11.9 Å². The largest absolute Gasteiger partial charge is 0.493 e. The molecule has 8 heteroatoms. The molecule has 0 aliphatic rings. The van der Waals surface area contributed by atoms with E-state index in [0.29, 0.717) is 37.3 Å². The molecule has 0 heterocycles. The summed E-state index contributed by atoms with van der Waals surface area (Å²) in [6.07, 6.45) is 8.69. The Morgan fingerprint density at radius 1 is 0.686 bits per heavy atom. The molecule has 8 nitrogen and oxygen atoms in total. The Labute approximate surface area is 205 Å². The van der Waals surface area contributed by atoms with Crippen molar-refractivity contribution in [1.29, 1.82) is 0 Å². The Morgan fingerprint density at radius 3 is 1.46 bits per heavy atom. The van der Waals surface area contributed by atoms with Gasteiger partial charge >= 0.3 is 11.9 Å². The van der Waals surface area contributed by atoms with Crippen LogP contribution in [-0.2, 0) is 0 Å². The van der Waals surface area contributed by atoms with E-state index in [0.717, 1.165) is 38.5 Å². The lowest BCUT2D eigenvalue weighted by Gasteiger charge is -2.08. The minimum Gasteiger partial charge on any atom is -0.493 e. The fourth-order valence-corrected chi connectivity index (χ4v) is 3.06. The summed E-state index contributed by atoms with van der Waals surface area (Å²) in [5.74, 6) is -1.20. The van der Waals surface area contributed by atoms with Gasteiger partial charge in [0.05, 0.1) is 35.5 Å². The predicted octanol–water partition coefficient (Wildman–Crippen LogP) is 5.92. The van der Waals surface area contributed by atoms with Crippen LogP contribution < -0.4 is 9.47 Å². The summed E-state index contributed by atoms with van der Waals surface area (Å²) in [4.78, 5) is 43.2. The number of carboxylic acid groups (broad SMARTS) is 2. The number of carbonyl (C=O) groups excluding carboxylic acids is 2. The number of hydrogen-bond acceptors (Lipinski definition) is 6. The molecule has 190 valence electrons. The molecule has 0 saturated heterocycles. The zero-order valence-corrected chi connectivity index (χ0v) is 20.3. The fraction of sp³-hybridized carbons (Fsp3) is 0.407. The van der Waals surface area contributed by atoms with E-state index in [1.165, 1.54) is 42.8 Å². The van der Waals surface area contributed by atoms with Crippen LogP contribution in [0, 0.1) is 0 Å². The van der Waals surface area contributed by atoms with Crippen LogP contribution in [0.25, 0.3) is 0 Å². The molecule has 0 unspecified atom stereocenters. The van der Waals surface area contributed by atoms with Gasteiger partial charge in [-0.05, 0) is 49.2 Å². The normalized spacial score (nSPS) is 10.0. The summed E-state index contributed by atoms with van der Waals surface area (Å²) in [6, 6.07) is 8.59. The van der Waals surface area contributed by atoms with Crippen LogP contribution in [0.15, 0.2) is 36.4 Å². The molecule has 0 fully saturated rings. The molecule has 0 bridgehead atoms. The second-order valence-electron chi connectivity index (χ2n) is 7.82. The molecular formula is C27H34O8. The second kappa shape index (κ2) is 16.9. The minimum absolute atomic E-state index is 0.0907. The van der Waals surface area contributed by atoms with Crippen LogP contribution in [0.5, 0.6) is 11.5 Å². The molecule has 2 N–H and O–H groups in total. The van der Waals surface area contributed by atoms with Crippen molar-refractivity contribution in [3.8, 4) is 11.5 Å². The van der Waals surface area contributed by atoms with Gasteiger partial charge in [-0.1, -0.05) is 46.0 Å². The number of ether oxygens (including phenoxy) is 2. The molecule has 0 aliphatic carbocycles. The maximum atomic E-state index is 10.9. The summed E-state index contributed by atoms with van der Waals surface area (Å²) < 4.78 is 10.9. The first kappa shape index (κ1) is 29.4. The van der Waals surface area contributed by atoms with Crippen LogP contribution in [0.4, 0.5) is 0 Å². The standard InChI is InChI=1S/C14H18O4.C13H16O4/c1-2-3-4-5-8-18-13-7-6-11(14(16)17)9-12(13)10-15;1-2-3-4-7-17-12-6-5-10(13(15)16)8-11(12)9-14/h6-7,9-10H,2-5,8H2,1H3,(H,16,17);5-6,8-9H,2-4,7H2,1H3,(H,15,16). The second-order valence-corrected chi connectivity index (χ2v) is 7.82. The SMILES string of the molecule is CCCCCCOc1ccc(C(=O)O)cc1C=O.CCCCCOc1ccc(C(=O)O)cc1C=O.